The van der Waals surface area contributed by atoms with Crippen molar-refractivity contribution in [1.29, 1.82) is 0 Å². The molecule has 0 aromatic carbocycles. The lowest BCUT2D eigenvalue weighted by Crippen LogP contribution is -2.65. The maximum Gasteiger partial charge on any atom is 0.407 e. The Labute approximate surface area is 189 Å². The molecule has 2 aromatic rings. The quantitative estimate of drug-likeness (QED) is 0.252. The number of ether oxygens (including phenoxy) is 2. The average molecular weight is 467 g/mol. The fourth-order valence-electron chi connectivity index (χ4n) is 3.28. The molecule has 14 nitrogen and oxygen atoms in total. The average Bonchev–Trinajstić information content (AvgIpc) is 3.22. The predicted octanol–water partition coefficient (Wildman–Crippen LogP) is -1.40. The van der Waals surface area contributed by atoms with Crippen molar-refractivity contribution in [2.24, 2.45) is 0 Å². The molecule has 0 radical (unpaired) electrons. The van der Waals surface area contributed by atoms with Crippen molar-refractivity contribution in [1.82, 2.24) is 30.6 Å². The third-order valence-corrected chi connectivity index (χ3v) is 4.78. The van der Waals surface area contributed by atoms with Crippen molar-refractivity contribution < 1.29 is 34.4 Å². The molecule has 14 heteroatoms. The number of hydrogen-bond donors (Lipinski definition) is 7. The predicted molar refractivity (Wildman–Crippen MR) is 114 cm³/mol. The van der Waals surface area contributed by atoms with Crippen LogP contribution in [0.4, 0.5) is 10.6 Å². The first kappa shape index (κ1) is 24.6. The summed E-state index contributed by atoms with van der Waals surface area (Å²) in [5.41, 5.74) is 0.193. The Morgan fingerprint density at radius 1 is 1.21 bits per heavy atom. The number of amides is 2. The monoisotopic (exact) mass is 467 g/mol. The highest BCUT2D eigenvalue weighted by Crippen LogP contribution is 2.24. The van der Waals surface area contributed by atoms with Gasteiger partial charge in [0.1, 0.15) is 35.8 Å². The first-order chi connectivity index (χ1) is 15.6. The number of imidazole rings is 1. The molecule has 0 bridgehead atoms. The number of aromatic nitrogens is 4. The minimum absolute atomic E-state index is 0.00512. The third kappa shape index (κ3) is 6.25. The molecule has 0 unspecified atom stereocenters. The van der Waals surface area contributed by atoms with E-state index in [1.165, 1.54) is 12.7 Å². The minimum atomic E-state index is -1.47. The number of aliphatic hydroxyl groups excluding tert-OH is 3. The number of hydrogen-bond acceptors (Lipinski definition) is 11. The zero-order valence-electron chi connectivity index (χ0n) is 18.5. The lowest BCUT2D eigenvalue weighted by Gasteiger charge is -2.42. The highest BCUT2D eigenvalue weighted by molar-refractivity contribution is 5.82. The van der Waals surface area contributed by atoms with Crippen LogP contribution >= 0.6 is 0 Å². The number of alkyl carbamates (subject to hydrolysis) is 1. The van der Waals surface area contributed by atoms with Gasteiger partial charge < -0.3 is 45.7 Å². The summed E-state index contributed by atoms with van der Waals surface area (Å²) < 4.78 is 10.8. The Balaban J connectivity index is 1.57. The van der Waals surface area contributed by atoms with E-state index in [1.807, 2.05) is 0 Å². The van der Waals surface area contributed by atoms with Crippen molar-refractivity contribution in [3.8, 4) is 0 Å². The molecule has 0 spiro atoms. The zero-order chi connectivity index (χ0) is 24.2. The van der Waals surface area contributed by atoms with Gasteiger partial charge in [0.15, 0.2) is 17.7 Å². The summed E-state index contributed by atoms with van der Waals surface area (Å²) in [7, 11) is 0. The van der Waals surface area contributed by atoms with E-state index >= 15 is 0 Å². The van der Waals surface area contributed by atoms with E-state index in [2.05, 4.69) is 35.9 Å². The van der Waals surface area contributed by atoms with Crippen LogP contribution in [0, 0.1) is 0 Å². The SMILES string of the molecule is CC(C)(C)OC(=O)NCCC(=O)N[C@@H]1[C@@H](O)[C@H](O)[C@@H](Nc2ncnc3nc[nH]c23)O[C@H]1CO. The molecule has 1 aliphatic heterocycles. The lowest BCUT2D eigenvalue weighted by molar-refractivity contribution is -0.185. The van der Waals surface area contributed by atoms with Crippen LogP contribution in [0.5, 0.6) is 0 Å². The van der Waals surface area contributed by atoms with Gasteiger partial charge in [0.25, 0.3) is 0 Å². The summed E-state index contributed by atoms with van der Waals surface area (Å²) in [6.45, 7) is 4.61. The number of aromatic amines is 1. The fourth-order valence-corrected chi connectivity index (χ4v) is 3.28. The van der Waals surface area contributed by atoms with Gasteiger partial charge in [-0.2, -0.15) is 0 Å². The first-order valence-electron chi connectivity index (χ1n) is 10.4. The van der Waals surface area contributed by atoms with Crippen LogP contribution in [0.1, 0.15) is 27.2 Å². The van der Waals surface area contributed by atoms with E-state index in [4.69, 9.17) is 9.47 Å². The van der Waals surface area contributed by atoms with Gasteiger partial charge in [0, 0.05) is 13.0 Å². The third-order valence-electron chi connectivity index (χ3n) is 4.78. The fraction of sp³-hybridized carbons (Fsp3) is 0.632. The summed E-state index contributed by atoms with van der Waals surface area (Å²) in [5, 5.41) is 38.8. The van der Waals surface area contributed by atoms with Gasteiger partial charge in [-0.15, -0.1) is 0 Å². The summed E-state index contributed by atoms with van der Waals surface area (Å²) in [5.74, 6) is -0.244. The number of carbonyl (C=O) groups is 2. The zero-order valence-corrected chi connectivity index (χ0v) is 18.5. The lowest BCUT2D eigenvalue weighted by atomic mass is 9.95. The Bertz CT molecular complexity index is 961. The normalized spacial score (nSPS) is 25.5. The van der Waals surface area contributed by atoms with Crippen LogP contribution in [0.25, 0.3) is 11.2 Å². The molecule has 3 heterocycles. The molecule has 2 aromatic heterocycles. The smallest absolute Gasteiger partial charge is 0.407 e. The highest BCUT2D eigenvalue weighted by atomic mass is 16.6. The minimum Gasteiger partial charge on any atom is -0.444 e. The largest absolute Gasteiger partial charge is 0.444 e. The molecule has 0 aliphatic carbocycles. The molecule has 3 rings (SSSR count). The van der Waals surface area contributed by atoms with Crippen LogP contribution in [0.2, 0.25) is 0 Å². The number of nitrogens with zero attached hydrogens (tertiary/aromatic N) is 3. The molecule has 33 heavy (non-hydrogen) atoms. The van der Waals surface area contributed by atoms with E-state index in [9.17, 15) is 24.9 Å². The Morgan fingerprint density at radius 2 is 1.97 bits per heavy atom. The second-order valence-electron chi connectivity index (χ2n) is 8.50. The Kier molecular flexibility index (Phi) is 7.63. The molecule has 1 fully saturated rings. The van der Waals surface area contributed by atoms with E-state index < -0.39 is 54.8 Å². The number of fused-ring (bicyclic) bond motifs is 1. The number of anilines is 1. The second-order valence-corrected chi connectivity index (χ2v) is 8.50. The molecule has 2 amide bonds. The van der Waals surface area contributed by atoms with Crippen molar-refractivity contribution in [3.63, 3.8) is 0 Å². The van der Waals surface area contributed by atoms with Gasteiger partial charge in [-0.1, -0.05) is 0 Å². The number of carbonyl (C=O) groups excluding carboxylic acids is 2. The van der Waals surface area contributed by atoms with Gasteiger partial charge in [-0.05, 0) is 20.8 Å². The van der Waals surface area contributed by atoms with Crippen molar-refractivity contribution in [2.75, 3.05) is 18.5 Å². The van der Waals surface area contributed by atoms with Gasteiger partial charge in [-0.25, -0.2) is 19.7 Å². The maximum absolute atomic E-state index is 12.3. The van der Waals surface area contributed by atoms with Crippen molar-refractivity contribution >= 4 is 29.0 Å². The summed E-state index contributed by atoms with van der Waals surface area (Å²) >= 11 is 0. The van der Waals surface area contributed by atoms with Crippen LogP contribution in [0.3, 0.4) is 0 Å². The molecule has 182 valence electrons. The molecular weight excluding hydrogens is 438 g/mol. The number of aliphatic hydroxyl groups is 3. The number of nitrogens with one attached hydrogen (secondary N) is 4. The van der Waals surface area contributed by atoms with Gasteiger partial charge in [0.05, 0.1) is 19.0 Å². The summed E-state index contributed by atoms with van der Waals surface area (Å²) in [6.07, 6.45) is -3.17. The van der Waals surface area contributed by atoms with E-state index in [-0.39, 0.29) is 18.8 Å². The first-order valence-corrected chi connectivity index (χ1v) is 10.4. The van der Waals surface area contributed by atoms with Gasteiger partial charge in [-0.3, -0.25) is 4.79 Å². The molecular formula is C19H29N7O7. The Morgan fingerprint density at radius 3 is 2.67 bits per heavy atom. The number of H-pyrrole nitrogens is 1. The Hall–Kier alpha value is -3.07. The molecule has 7 N–H and O–H groups in total. The van der Waals surface area contributed by atoms with Crippen molar-refractivity contribution in [3.05, 3.63) is 12.7 Å². The maximum atomic E-state index is 12.3. The van der Waals surface area contributed by atoms with Crippen LogP contribution in [-0.2, 0) is 14.3 Å². The van der Waals surface area contributed by atoms with Crippen LogP contribution in [0.15, 0.2) is 12.7 Å². The summed E-state index contributed by atoms with van der Waals surface area (Å²) in [4.78, 5) is 38.9. The van der Waals surface area contributed by atoms with E-state index in [0.29, 0.717) is 11.2 Å². The summed E-state index contributed by atoms with van der Waals surface area (Å²) in [6, 6.07) is -1.09. The molecule has 5 atom stereocenters. The van der Waals surface area contributed by atoms with Crippen LogP contribution < -0.4 is 16.0 Å². The van der Waals surface area contributed by atoms with Gasteiger partial charge in [0.2, 0.25) is 5.91 Å². The number of rotatable bonds is 7. The standard InChI is InChI=1S/C19H29N7O7/c1-19(2,3)33-18(31)20-5-4-10(28)25-11-9(6-27)32-17(14(30)13(11)29)26-16-12-15(22-7-21-12)23-8-24-16/h7-9,11,13-14,17,27,29-30H,4-6H2,1-3H3,(H,20,31)(H,25,28)(H2,21,22,23,24,26)/t9-,11-,13+,14-,17-/m0/s1. The van der Waals surface area contributed by atoms with Gasteiger partial charge >= 0.3 is 6.09 Å². The van der Waals surface area contributed by atoms with E-state index in [0.717, 1.165) is 0 Å². The highest BCUT2D eigenvalue weighted by Gasteiger charge is 2.45. The second kappa shape index (κ2) is 10.2. The molecule has 1 aliphatic rings. The topological polar surface area (TPSA) is 204 Å². The molecule has 1 saturated heterocycles. The van der Waals surface area contributed by atoms with E-state index in [1.54, 1.807) is 20.8 Å². The van der Waals surface area contributed by atoms with Crippen LogP contribution in [-0.4, -0.2) is 96.6 Å². The van der Waals surface area contributed by atoms with Crippen molar-refractivity contribution in [2.45, 2.75) is 63.4 Å². The molecule has 0 saturated carbocycles.